The molecule has 0 amide bonds. The van der Waals surface area contributed by atoms with Gasteiger partial charge in [-0.15, -0.1) is 11.3 Å². The number of rotatable bonds is 3. The lowest BCUT2D eigenvalue weighted by atomic mass is 10.3. The lowest BCUT2D eigenvalue weighted by Gasteiger charge is -2.06. The van der Waals surface area contributed by atoms with Gasteiger partial charge in [-0.2, -0.15) is 0 Å². The minimum absolute atomic E-state index is 0.600. The molecule has 5 heteroatoms. The summed E-state index contributed by atoms with van der Waals surface area (Å²) in [5.74, 6) is 6.87. The maximum Gasteiger partial charge on any atom is 0.161 e. The fourth-order valence-electron chi connectivity index (χ4n) is 1.41. The van der Waals surface area contributed by atoms with Crippen LogP contribution in [-0.2, 0) is 0 Å². The molecule has 1 aromatic heterocycles. The van der Waals surface area contributed by atoms with Crippen LogP contribution in [0.15, 0.2) is 46.8 Å². The van der Waals surface area contributed by atoms with Gasteiger partial charge in [0.15, 0.2) is 5.84 Å². The Labute approximate surface area is 104 Å². The minimum Gasteiger partial charge on any atom is -0.495 e. The highest BCUT2D eigenvalue weighted by atomic mass is 32.1. The van der Waals surface area contributed by atoms with Gasteiger partial charge >= 0.3 is 0 Å². The van der Waals surface area contributed by atoms with E-state index in [-0.39, 0.29) is 0 Å². The number of ether oxygens (including phenoxy) is 1. The van der Waals surface area contributed by atoms with Gasteiger partial charge in [0.25, 0.3) is 0 Å². The quantitative estimate of drug-likeness (QED) is 0.379. The SMILES string of the molecule is COc1ccsc1C(=Nc1ccccc1)NN. The summed E-state index contributed by atoms with van der Waals surface area (Å²) in [7, 11) is 1.63. The molecule has 0 aliphatic rings. The van der Waals surface area contributed by atoms with Crippen molar-refractivity contribution >= 4 is 22.9 Å². The zero-order valence-electron chi connectivity index (χ0n) is 9.38. The Kier molecular flexibility index (Phi) is 3.74. The van der Waals surface area contributed by atoms with Crippen molar-refractivity contribution in [2.45, 2.75) is 0 Å². The van der Waals surface area contributed by atoms with Crippen LogP contribution < -0.4 is 16.0 Å². The molecular weight excluding hydrogens is 234 g/mol. The molecule has 3 N–H and O–H groups in total. The average molecular weight is 247 g/mol. The largest absolute Gasteiger partial charge is 0.495 e. The van der Waals surface area contributed by atoms with Crippen LogP contribution in [0.25, 0.3) is 0 Å². The Morgan fingerprint density at radius 2 is 2.06 bits per heavy atom. The van der Waals surface area contributed by atoms with Crippen LogP contribution in [0, 0.1) is 0 Å². The number of thiophene rings is 1. The molecule has 1 heterocycles. The molecule has 88 valence electrons. The highest BCUT2D eigenvalue weighted by Crippen LogP contribution is 2.25. The average Bonchev–Trinajstić information content (AvgIpc) is 2.85. The van der Waals surface area contributed by atoms with Gasteiger partial charge in [-0.3, -0.25) is 0 Å². The second kappa shape index (κ2) is 5.47. The van der Waals surface area contributed by atoms with E-state index in [9.17, 15) is 0 Å². The second-order valence-electron chi connectivity index (χ2n) is 3.26. The van der Waals surface area contributed by atoms with Crippen LogP contribution in [0.1, 0.15) is 4.88 Å². The molecule has 1 aromatic carbocycles. The smallest absolute Gasteiger partial charge is 0.161 e. The summed E-state index contributed by atoms with van der Waals surface area (Å²) in [4.78, 5) is 5.33. The number of para-hydroxylation sites is 1. The monoisotopic (exact) mass is 247 g/mol. The Balaban J connectivity index is 2.37. The molecule has 4 nitrogen and oxygen atoms in total. The van der Waals surface area contributed by atoms with Gasteiger partial charge in [0.2, 0.25) is 0 Å². The van der Waals surface area contributed by atoms with E-state index >= 15 is 0 Å². The van der Waals surface area contributed by atoms with E-state index in [1.165, 1.54) is 11.3 Å². The van der Waals surface area contributed by atoms with E-state index in [4.69, 9.17) is 10.6 Å². The predicted octanol–water partition coefficient (Wildman–Crippen LogP) is 2.30. The molecule has 0 spiro atoms. The lowest BCUT2D eigenvalue weighted by Crippen LogP contribution is -2.30. The number of hydrogen-bond donors (Lipinski definition) is 2. The summed E-state index contributed by atoms with van der Waals surface area (Å²) in [5, 5.41) is 1.94. The van der Waals surface area contributed by atoms with Gasteiger partial charge in [0.05, 0.1) is 12.8 Å². The second-order valence-corrected chi connectivity index (χ2v) is 4.17. The predicted molar refractivity (Wildman–Crippen MR) is 70.8 cm³/mol. The normalized spacial score (nSPS) is 11.3. The van der Waals surface area contributed by atoms with Crippen LogP contribution in [-0.4, -0.2) is 12.9 Å². The van der Waals surface area contributed by atoms with E-state index in [0.717, 1.165) is 16.3 Å². The molecule has 0 aliphatic heterocycles. The highest BCUT2D eigenvalue weighted by molar-refractivity contribution is 7.12. The number of methoxy groups -OCH3 is 1. The van der Waals surface area contributed by atoms with Crippen molar-refractivity contribution in [3.8, 4) is 5.75 Å². The highest BCUT2D eigenvalue weighted by Gasteiger charge is 2.10. The molecule has 2 rings (SSSR count). The summed E-state index contributed by atoms with van der Waals surface area (Å²) in [5.41, 5.74) is 3.45. The van der Waals surface area contributed by atoms with Crippen molar-refractivity contribution < 1.29 is 4.74 Å². The number of benzene rings is 1. The minimum atomic E-state index is 0.600. The first-order valence-corrected chi connectivity index (χ1v) is 5.95. The van der Waals surface area contributed by atoms with E-state index in [2.05, 4.69) is 10.4 Å². The molecular formula is C12H13N3OS. The first kappa shape index (κ1) is 11.6. The van der Waals surface area contributed by atoms with Crippen molar-refractivity contribution in [1.29, 1.82) is 0 Å². The number of nitrogens with one attached hydrogen (secondary N) is 1. The van der Waals surface area contributed by atoms with Gasteiger partial charge in [0.1, 0.15) is 10.6 Å². The van der Waals surface area contributed by atoms with Crippen LogP contribution in [0.3, 0.4) is 0 Å². The van der Waals surface area contributed by atoms with E-state index in [0.29, 0.717) is 5.84 Å². The summed E-state index contributed by atoms with van der Waals surface area (Å²) >= 11 is 1.53. The van der Waals surface area contributed by atoms with Crippen LogP contribution in [0.4, 0.5) is 5.69 Å². The third-order valence-corrected chi connectivity index (χ3v) is 3.10. The number of aliphatic imine (C=N–C) groups is 1. The summed E-state index contributed by atoms with van der Waals surface area (Å²) in [6.07, 6.45) is 0. The van der Waals surface area contributed by atoms with Crippen molar-refractivity contribution in [2.75, 3.05) is 7.11 Å². The lowest BCUT2D eigenvalue weighted by molar-refractivity contribution is 0.416. The molecule has 0 saturated carbocycles. The van der Waals surface area contributed by atoms with E-state index in [1.54, 1.807) is 7.11 Å². The number of nitrogens with zero attached hydrogens (tertiary/aromatic N) is 1. The fourth-order valence-corrected chi connectivity index (χ4v) is 2.22. The van der Waals surface area contributed by atoms with Crippen molar-refractivity contribution in [2.24, 2.45) is 10.8 Å². The zero-order chi connectivity index (χ0) is 12.1. The standard InChI is InChI=1S/C12H13N3OS/c1-16-10-7-8-17-11(10)12(15-13)14-9-5-3-2-4-6-9/h2-8H,13H2,1H3,(H,14,15). The molecule has 17 heavy (non-hydrogen) atoms. The Bertz CT molecular complexity index is 507. The van der Waals surface area contributed by atoms with Crippen molar-refractivity contribution in [3.05, 3.63) is 46.7 Å². The maximum atomic E-state index is 5.51. The molecule has 0 unspecified atom stereocenters. The summed E-state index contributed by atoms with van der Waals surface area (Å²) in [6.45, 7) is 0. The molecule has 0 bridgehead atoms. The zero-order valence-corrected chi connectivity index (χ0v) is 10.2. The van der Waals surface area contributed by atoms with Gasteiger partial charge in [0, 0.05) is 0 Å². The number of amidine groups is 1. The topological polar surface area (TPSA) is 59.6 Å². The summed E-state index contributed by atoms with van der Waals surface area (Å²) in [6, 6.07) is 11.5. The number of nitrogens with two attached hydrogens (primary N) is 1. The van der Waals surface area contributed by atoms with Gasteiger partial charge in [-0.1, -0.05) is 18.2 Å². The maximum absolute atomic E-state index is 5.51. The summed E-state index contributed by atoms with van der Waals surface area (Å²) < 4.78 is 5.24. The van der Waals surface area contributed by atoms with Gasteiger partial charge < -0.3 is 10.2 Å². The molecule has 0 fully saturated rings. The van der Waals surface area contributed by atoms with Crippen LogP contribution >= 0.6 is 11.3 Å². The van der Waals surface area contributed by atoms with E-state index < -0.39 is 0 Å². The Morgan fingerprint density at radius 3 is 2.71 bits per heavy atom. The van der Waals surface area contributed by atoms with Gasteiger partial charge in [-0.25, -0.2) is 10.8 Å². The first-order valence-electron chi connectivity index (χ1n) is 5.07. The first-order chi connectivity index (χ1) is 8.35. The number of hydrogen-bond acceptors (Lipinski definition) is 4. The fraction of sp³-hybridized carbons (Fsp3) is 0.0833. The Hall–Kier alpha value is -1.85. The molecule has 0 aliphatic carbocycles. The van der Waals surface area contributed by atoms with Crippen molar-refractivity contribution in [3.63, 3.8) is 0 Å². The Morgan fingerprint density at radius 1 is 1.29 bits per heavy atom. The molecule has 0 saturated heterocycles. The van der Waals surface area contributed by atoms with Crippen LogP contribution in [0.5, 0.6) is 5.75 Å². The van der Waals surface area contributed by atoms with E-state index in [1.807, 2.05) is 41.8 Å². The number of hydrazine groups is 1. The third kappa shape index (κ3) is 2.64. The molecule has 0 atom stereocenters. The van der Waals surface area contributed by atoms with Gasteiger partial charge in [-0.05, 0) is 23.6 Å². The van der Waals surface area contributed by atoms with Crippen molar-refractivity contribution in [1.82, 2.24) is 5.43 Å². The third-order valence-electron chi connectivity index (χ3n) is 2.20. The molecule has 2 aromatic rings. The molecule has 0 radical (unpaired) electrons. The van der Waals surface area contributed by atoms with Crippen LogP contribution in [0.2, 0.25) is 0 Å².